The van der Waals surface area contributed by atoms with Crippen molar-refractivity contribution in [3.05, 3.63) is 35.4 Å². The molecule has 1 aromatic carbocycles. The van der Waals surface area contributed by atoms with Gasteiger partial charge in [0.1, 0.15) is 0 Å². The third kappa shape index (κ3) is 3.94. The van der Waals surface area contributed by atoms with Crippen molar-refractivity contribution < 1.29 is 17.9 Å². The predicted octanol–water partition coefficient (Wildman–Crippen LogP) is 3.54. The molecule has 0 aliphatic carbocycles. The van der Waals surface area contributed by atoms with Gasteiger partial charge in [-0.3, -0.25) is 0 Å². The van der Waals surface area contributed by atoms with Crippen LogP contribution in [0.3, 0.4) is 0 Å². The molecule has 0 radical (unpaired) electrons. The Morgan fingerprint density at radius 2 is 2.21 bits per heavy atom. The van der Waals surface area contributed by atoms with E-state index in [9.17, 15) is 13.2 Å². The van der Waals surface area contributed by atoms with Crippen LogP contribution < -0.4 is 5.32 Å². The summed E-state index contributed by atoms with van der Waals surface area (Å²) in [6, 6.07) is 5.33. The summed E-state index contributed by atoms with van der Waals surface area (Å²) in [5.74, 6) is 0. The molecule has 1 N–H and O–H groups in total. The molecule has 2 unspecified atom stereocenters. The molecule has 2 atom stereocenters. The summed E-state index contributed by atoms with van der Waals surface area (Å²) >= 11 is 0. The lowest BCUT2D eigenvalue weighted by atomic mass is 10.0. The molecule has 0 bridgehead atoms. The highest BCUT2D eigenvalue weighted by Gasteiger charge is 2.30. The van der Waals surface area contributed by atoms with Gasteiger partial charge >= 0.3 is 6.18 Å². The Morgan fingerprint density at radius 3 is 2.84 bits per heavy atom. The molecule has 1 aromatic rings. The Hall–Kier alpha value is -1.07. The number of alkyl halides is 3. The van der Waals surface area contributed by atoms with Crippen LogP contribution >= 0.6 is 0 Å². The molecule has 1 fully saturated rings. The maximum Gasteiger partial charge on any atom is 0.416 e. The monoisotopic (exact) mass is 273 g/mol. The van der Waals surface area contributed by atoms with E-state index in [1.807, 2.05) is 6.92 Å². The Bertz CT molecular complexity index is 413. The van der Waals surface area contributed by atoms with Crippen molar-refractivity contribution in [1.29, 1.82) is 0 Å². The van der Waals surface area contributed by atoms with E-state index >= 15 is 0 Å². The molecule has 0 spiro atoms. The van der Waals surface area contributed by atoms with Gasteiger partial charge in [0.05, 0.1) is 11.7 Å². The summed E-state index contributed by atoms with van der Waals surface area (Å²) in [6.07, 6.45) is -2.02. The van der Waals surface area contributed by atoms with Crippen LogP contribution in [0.1, 0.15) is 36.9 Å². The smallest absolute Gasteiger partial charge is 0.377 e. The average Bonchev–Trinajstić information content (AvgIpc) is 2.88. The van der Waals surface area contributed by atoms with Gasteiger partial charge in [-0.1, -0.05) is 12.1 Å². The third-order valence-corrected chi connectivity index (χ3v) is 3.39. The minimum absolute atomic E-state index is 0.119. The number of halogens is 3. The Morgan fingerprint density at radius 1 is 1.42 bits per heavy atom. The molecule has 5 heteroatoms. The first kappa shape index (κ1) is 14.3. The zero-order chi connectivity index (χ0) is 13.9. The molecule has 0 aromatic heterocycles. The molecule has 1 saturated heterocycles. The van der Waals surface area contributed by atoms with Crippen molar-refractivity contribution in [3.63, 3.8) is 0 Å². The number of benzene rings is 1. The van der Waals surface area contributed by atoms with Gasteiger partial charge in [-0.2, -0.15) is 13.2 Å². The van der Waals surface area contributed by atoms with Gasteiger partial charge in [-0.25, -0.2) is 0 Å². The van der Waals surface area contributed by atoms with E-state index in [0.29, 0.717) is 12.1 Å². The van der Waals surface area contributed by atoms with E-state index in [-0.39, 0.29) is 12.1 Å². The van der Waals surface area contributed by atoms with Gasteiger partial charge in [0, 0.05) is 19.2 Å². The van der Waals surface area contributed by atoms with E-state index in [1.165, 1.54) is 12.1 Å². The lowest BCUT2D eigenvalue weighted by molar-refractivity contribution is -0.137. The molecule has 0 amide bonds. The van der Waals surface area contributed by atoms with Gasteiger partial charge < -0.3 is 10.1 Å². The van der Waals surface area contributed by atoms with Gasteiger partial charge in [0.2, 0.25) is 0 Å². The van der Waals surface area contributed by atoms with E-state index < -0.39 is 11.7 Å². The van der Waals surface area contributed by atoms with Crippen LogP contribution in [0.15, 0.2) is 24.3 Å². The van der Waals surface area contributed by atoms with Crippen molar-refractivity contribution in [2.75, 3.05) is 13.2 Å². The second-order valence-corrected chi connectivity index (χ2v) is 4.89. The van der Waals surface area contributed by atoms with E-state index in [4.69, 9.17) is 4.74 Å². The lowest BCUT2D eigenvalue weighted by Crippen LogP contribution is -2.28. The molecule has 2 rings (SSSR count). The predicted molar refractivity (Wildman–Crippen MR) is 66.8 cm³/mol. The second kappa shape index (κ2) is 5.92. The molecule has 106 valence electrons. The number of nitrogens with one attached hydrogen (secondary N) is 1. The summed E-state index contributed by atoms with van der Waals surface area (Å²) in [4.78, 5) is 0. The molecular weight excluding hydrogens is 255 g/mol. The minimum Gasteiger partial charge on any atom is -0.377 e. The SMILES string of the molecule is CC(NCC1CCCO1)c1cccc(C(F)(F)F)c1. The quantitative estimate of drug-likeness (QED) is 0.906. The lowest BCUT2D eigenvalue weighted by Gasteiger charge is -2.18. The van der Waals surface area contributed by atoms with Gasteiger partial charge in [-0.05, 0) is 37.5 Å². The van der Waals surface area contributed by atoms with Crippen LogP contribution in [0.25, 0.3) is 0 Å². The summed E-state index contributed by atoms with van der Waals surface area (Å²) < 4.78 is 43.3. The second-order valence-electron chi connectivity index (χ2n) is 4.89. The Labute approximate surface area is 111 Å². The van der Waals surface area contributed by atoms with E-state index in [2.05, 4.69) is 5.32 Å². The van der Waals surface area contributed by atoms with Crippen LogP contribution in [0.5, 0.6) is 0 Å². The largest absolute Gasteiger partial charge is 0.416 e. The highest BCUT2D eigenvalue weighted by molar-refractivity contribution is 5.27. The van der Waals surface area contributed by atoms with Crippen LogP contribution in [0.4, 0.5) is 13.2 Å². The van der Waals surface area contributed by atoms with Gasteiger partial charge in [0.25, 0.3) is 0 Å². The first-order valence-corrected chi connectivity index (χ1v) is 6.49. The van der Waals surface area contributed by atoms with Crippen molar-refractivity contribution in [2.45, 2.75) is 38.1 Å². The topological polar surface area (TPSA) is 21.3 Å². The van der Waals surface area contributed by atoms with Crippen molar-refractivity contribution in [1.82, 2.24) is 5.32 Å². The highest BCUT2D eigenvalue weighted by Crippen LogP contribution is 2.30. The van der Waals surface area contributed by atoms with E-state index in [0.717, 1.165) is 25.5 Å². The fraction of sp³-hybridized carbons (Fsp3) is 0.571. The number of ether oxygens (including phenoxy) is 1. The summed E-state index contributed by atoms with van der Waals surface area (Å²) in [5.41, 5.74) is 0.0450. The molecule has 0 saturated carbocycles. The normalized spacial score (nSPS) is 21.6. The molecule has 1 aliphatic heterocycles. The Balaban J connectivity index is 1.96. The van der Waals surface area contributed by atoms with Gasteiger partial charge in [0.15, 0.2) is 0 Å². The summed E-state index contributed by atoms with van der Waals surface area (Å²) in [5, 5.41) is 3.23. The van der Waals surface area contributed by atoms with Crippen molar-refractivity contribution in [2.24, 2.45) is 0 Å². The Kier molecular flexibility index (Phi) is 4.47. The fourth-order valence-electron chi connectivity index (χ4n) is 2.22. The van der Waals surface area contributed by atoms with Crippen molar-refractivity contribution >= 4 is 0 Å². The third-order valence-electron chi connectivity index (χ3n) is 3.39. The van der Waals surface area contributed by atoms with E-state index in [1.54, 1.807) is 6.07 Å². The maximum absolute atomic E-state index is 12.6. The highest BCUT2D eigenvalue weighted by atomic mass is 19.4. The number of hydrogen-bond acceptors (Lipinski definition) is 2. The molecule has 1 heterocycles. The summed E-state index contributed by atoms with van der Waals surface area (Å²) in [6.45, 7) is 3.33. The van der Waals surface area contributed by atoms with Crippen LogP contribution in [-0.2, 0) is 10.9 Å². The average molecular weight is 273 g/mol. The molecule has 1 aliphatic rings. The number of rotatable bonds is 4. The number of hydrogen-bond donors (Lipinski definition) is 1. The minimum atomic E-state index is -4.29. The first-order valence-electron chi connectivity index (χ1n) is 6.49. The zero-order valence-electron chi connectivity index (χ0n) is 10.8. The molecule has 19 heavy (non-hydrogen) atoms. The zero-order valence-corrected chi connectivity index (χ0v) is 10.8. The van der Waals surface area contributed by atoms with Crippen LogP contribution in [-0.4, -0.2) is 19.3 Å². The van der Waals surface area contributed by atoms with Crippen LogP contribution in [0.2, 0.25) is 0 Å². The first-order chi connectivity index (χ1) is 8.97. The van der Waals surface area contributed by atoms with Crippen LogP contribution in [0, 0.1) is 0 Å². The fourth-order valence-corrected chi connectivity index (χ4v) is 2.22. The standard InChI is InChI=1S/C14H18F3NO/c1-10(18-9-13-6-3-7-19-13)11-4-2-5-12(8-11)14(15,16)17/h2,4-5,8,10,13,18H,3,6-7,9H2,1H3. The van der Waals surface area contributed by atoms with Crippen molar-refractivity contribution in [3.8, 4) is 0 Å². The molecular formula is C14H18F3NO. The van der Waals surface area contributed by atoms with Gasteiger partial charge in [-0.15, -0.1) is 0 Å². The maximum atomic E-state index is 12.6. The molecule has 2 nitrogen and oxygen atoms in total. The summed E-state index contributed by atoms with van der Waals surface area (Å²) in [7, 11) is 0.